The van der Waals surface area contributed by atoms with Crippen LogP contribution in [0.15, 0.2) is 0 Å². The molecule has 2 atom stereocenters. The summed E-state index contributed by atoms with van der Waals surface area (Å²) in [6.45, 7) is 4.70. The van der Waals surface area contributed by atoms with Crippen molar-refractivity contribution >= 4 is 18.3 Å². The molecular weight excluding hydrogens is 280 g/mol. The van der Waals surface area contributed by atoms with Gasteiger partial charge in [-0.25, -0.2) is 0 Å². The molecule has 2 N–H and O–H groups in total. The molecule has 2 aliphatic rings. The number of likely N-dealkylation sites (tertiary alicyclic amines) is 1. The van der Waals surface area contributed by atoms with Crippen LogP contribution in [0, 0.1) is 0 Å². The second kappa shape index (κ2) is 8.82. The molecule has 6 heteroatoms. The molecule has 2 rings (SSSR count). The average molecular weight is 307 g/mol. The van der Waals surface area contributed by atoms with Crippen LogP contribution in [0.3, 0.4) is 0 Å². The molecule has 0 bridgehead atoms. The van der Waals surface area contributed by atoms with Gasteiger partial charge in [-0.05, 0) is 39.0 Å². The zero-order valence-electron chi connectivity index (χ0n) is 12.3. The quantitative estimate of drug-likeness (QED) is 0.851. The molecular formula is C14H27ClN2O3. The first-order valence-corrected chi connectivity index (χ1v) is 7.44. The van der Waals surface area contributed by atoms with Crippen molar-refractivity contribution in [2.24, 2.45) is 5.73 Å². The fraction of sp³-hybridized carbons (Fsp3) is 0.929. The van der Waals surface area contributed by atoms with Crippen molar-refractivity contribution in [2.45, 2.75) is 57.3 Å². The van der Waals surface area contributed by atoms with Crippen molar-refractivity contribution in [3.8, 4) is 0 Å². The maximum atomic E-state index is 12.2. The lowest BCUT2D eigenvalue weighted by atomic mass is 10.1. The molecule has 0 aliphatic carbocycles. The summed E-state index contributed by atoms with van der Waals surface area (Å²) in [7, 11) is 0. The molecule has 2 fully saturated rings. The minimum atomic E-state index is -0.375. The zero-order chi connectivity index (χ0) is 13.7. The summed E-state index contributed by atoms with van der Waals surface area (Å²) >= 11 is 0. The number of nitrogens with two attached hydrogens (primary N) is 1. The van der Waals surface area contributed by atoms with Crippen LogP contribution < -0.4 is 5.73 Å². The van der Waals surface area contributed by atoms with E-state index in [9.17, 15) is 4.79 Å². The second-order valence-corrected chi connectivity index (χ2v) is 5.63. The summed E-state index contributed by atoms with van der Waals surface area (Å²) < 4.78 is 11.3. The molecule has 0 aromatic carbocycles. The Morgan fingerprint density at radius 2 is 2.05 bits per heavy atom. The van der Waals surface area contributed by atoms with E-state index in [1.54, 1.807) is 0 Å². The van der Waals surface area contributed by atoms with E-state index >= 15 is 0 Å². The minimum Gasteiger partial charge on any atom is -0.376 e. The third-order valence-electron chi connectivity index (χ3n) is 4.01. The van der Waals surface area contributed by atoms with E-state index in [0.717, 1.165) is 45.4 Å². The molecule has 5 nitrogen and oxygen atoms in total. The van der Waals surface area contributed by atoms with Crippen LogP contribution in [0.1, 0.15) is 39.0 Å². The van der Waals surface area contributed by atoms with Crippen molar-refractivity contribution in [1.29, 1.82) is 0 Å². The number of carbonyl (C=O) groups is 1. The molecule has 0 aromatic rings. The Morgan fingerprint density at radius 1 is 1.35 bits per heavy atom. The van der Waals surface area contributed by atoms with Crippen molar-refractivity contribution in [3.63, 3.8) is 0 Å². The molecule has 0 saturated carbocycles. The maximum Gasteiger partial charge on any atom is 0.251 e. The largest absolute Gasteiger partial charge is 0.376 e. The van der Waals surface area contributed by atoms with Gasteiger partial charge >= 0.3 is 0 Å². The van der Waals surface area contributed by atoms with Crippen molar-refractivity contribution in [2.75, 3.05) is 26.3 Å². The Labute approximate surface area is 127 Å². The number of rotatable bonds is 4. The molecule has 0 radical (unpaired) electrons. The molecule has 2 saturated heterocycles. The van der Waals surface area contributed by atoms with Crippen LogP contribution in [-0.2, 0) is 14.3 Å². The third-order valence-corrected chi connectivity index (χ3v) is 4.01. The Bertz CT molecular complexity index is 290. The van der Waals surface area contributed by atoms with Gasteiger partial charge < -0.3 is 20.1 Å². The number of halogens is 1. The first-order valence-electron chi connectivity index (χ1n) is 7.44. The van der Waals surface area contributed by atoms with Crippen LogP contribution in [0.4, 0.5) is 0 Å². The highest BCUT2D eigenvalue weighted by Gasteiger charge is 2.26. The van der Waals surface area contributed by atoms with Crippen molar-refractivity contribution in [3.05, 3.63) is 0 Å². The summed E-state index contributed by atoms with van der Waals surface area (Å²) in [5, 5.41) is 0. The zero-order valence-corrected chi connectivity index (χ0v) is 13.1. The van der Waals surface area contributed by atoms with Crippen LogP contribution >= 0.6 is 12.4 Å². The predicted molar refractivity (Wildman–Crippen MR) is 80.0 cm³/mol. The highest BCUT2D eigenvalue weighted by Crippen LogP contribution is 2.15. The number of nitrogens with zero attached hydrogens (tertiary/aromatic N) is 1. The fourth-order valence-electron chi connectivity index (χ4n) is 2.64. The normalized spacial score (nSPS) is 25.9. The first-order chi connectivity index (χ1) is 9.16. The smallest absolute Gasteiger partial charge is 0.251 e. The molecule has 1 amide bonds. The van der Waals surface area contributed by atoms with Gasteiger partial charge in [0.2, 0.25) is 0 Å². The average Bonchev–Trinajstić information content (AvgIpc) is 2.46. The topological polar surface area (TPSA) is 64.8 Å². The van der Waals surface area contributed by atoms with Crippen LogP contribution in [0.2, 0.25) is 0 Å². The summed E-state index contributed by atoms with van der Waals surface area (Å²) in [6, 6.07) is 0.246. The molecule has 0 spiro atoms. The van der Waals surface area contributed by atoms with E-state index < -0.39 is 0 Å². The van der Waals surface area contributed by atoms with Gasteiger partial charge in [-0.15, -0.1) is 12.4 Å². The van der Waals surface area contributed by atoms with Gasteiger partial charge in [0.15, 0.2) is 0 Å². The van der Waals surface area contributed by atoms with Gasteiger partial charge in [-0.2, -0.15) is 0 Å². The summed E-state index contributed by atoms with van der Waals surface area (Å²) in [5.41, 5.74) is 5.84. The van der Waals surface area contributed by atoms with Gasteiger partial charge in [-0.1, -0.05) is 0 Å². The van der Waals surface area contributed by atoms with Crippen molar-refractivity contribution < 1.29 is 14.3 Å². The number of amides is 1. The van der Waals surface area contributed by atoms with Crippen LogP contribution in [-0.4, -0.2) is 55.4 Å². The molecule has 2 heterocycles. The minimum absolute atomic E-state index is 0. The van der Waals surface area contributed by atoms with Gasteiger partial charge in [0.05, 0.1) is 12.7 Å². The third kappa shape index (κ3) is 5.20. The van der Waals surface area contributed by atoms with E-state index in [1.165, 1.54) is 6.42 Å². The number of hydrogen-bond acceptors (Lipinski definition) is 4. The summed E-state index contributed by atoms with van der Waals surface area (Å²) in [6.07, 6.45) is 4.95. The van der Waals surface area contributed by atoms with Gasteiger partial charge in [0, 0.05) is 25.7 Å². The molecule has 2 aliphatic heterocycles. The molecule has 20 heavy (non-hydrogen) atoms. The molecule has 118 valence electrons. The Hall–Kier alpha value is -0.360. The van der Waals surface area contributed by atoms with E-state index in [0.29, 0.717) is 6.61 Å². The second-order valence-electron chi connectivity index (χ2n) is 5.63. The number of ether oxygens (including phenoxy) is 2. The van der Waals surface area contributed by atoms with Gasteiger partial charge in [0.1, 0.15) is 6.10 Å². The van der Waals surface area contributed by atoms with E-state index in [-0.39, 0.29) is 36.6 Å². The van der Waals surface area contributed by atoms with E-state index in [4.69, 9.17) is 15.2 Å². The fourth-order valence-corrected chi connectivity index (χ4v) is 2.64. The summed E-state index contributed by atoms with van der Waals surface area (Å²) in [4.78, 5) is 14.1. The lowest BCUT2D eigenvalue weighted by molar-refractivity contribution is -0.147. The monoisotopic (exact) mass is 306 g/mol. The highest BCUT2D eigenvalue weighted by atomic mass is 35.5. The Morgan fingerprint density at radius 3 is 2.65 bits per heavy atom. The first kappa shape index (κ1) is 17.7. The lowest BCUT2D eigenvalue weighted by Crippen LogP contribution is -2.47. The Balaban J connectivity index is 0.00000200. The van der Waals surface area contributed by atoms with Crippen LogP contribution in [0.25, 0.3) is 0 Å². The van der Waals surface area contributed by atoms with E-state index in [1.807, 2.05) is 11.8 Å². The SMILES string of the molecule is CC(OCC1CCCCO1)C(=O)N1CCC(N)CC1.Cl. The summed E-state index contributed by atoms with van der Waals surface area (Å²) in [5.74, 6) is 0.0858. The van der Waals surface area contributed by atoms with E-state index in [2.05, 4.69) is 0 Å². The van der Waals surface area contributed by atoms with Gasteiger partial charge in [0.25, 0.3) is 5.91 Å². The standard InChI is InChI=1S/C14H26N2O3.ClH/c1-11(19-10-13-4-2-3-9-18-13)14(17)16-7-5-12(15)6-8-16;/h11-13H,2-10,15H2,1H3;1H. The van der Waals surface area contributed by atoms with Crippen LogP contribution in [0.5, 0.6) is 0 Å². The molecule has 2 unspecified atom stereocenters. The Kier molecular flexibility index (Phi) is 7.80. The predicted octanol–water partition coefficient (Wildman–Crippen LogP) is 1.33. The maximum absolute atomic E-state index is 12.2. The number of hydrogen-bond donors (Lipinski definition) is 1. The number of carbonyl (C=O) groups excluding carboxylic acids is 1. The number of piperidine rings is 1. The highest BCUT2D eigenvalue weighted by molar-refractivity contribution is 5.85. The lowest BCUT2D eigenvalue weighted by Gasteiger charge is -2.32. The van der Waals surface area contributed by atoms with Crippen molar-refractivity contribution in [1.82, 2.24) is 4.90 Å². The molecule has 0 aromatic heterocycles. The van der Waals surface area contributed by atoms with Gasteiger partial charge in [-0.3, -0.25) is 4.79 Å².